The molecule has 2 fully saturated rings. The normalized spacial score (nSPS) is 20.9. The van der Waals surface area contributed by atoms with E-state index in [2.05, 4.69) is 29.2 Å². The van der Waals surface area contributed by atoms with Crippen LogP contribution < -0.4 is 0 Å². The highest BCUT2D eigenvalue weighted by molar-refractivity contribution is 5.75. The van der Waals surface area contributed by atoms with Crippen molar-refractivity contribution < 1.29 is 14.4 Å². The van der Waals surface area contributed by atoms with Crippen LogP contribution >= 0.6 is 0 Å². The van der Waals surface area contributed by atoms with E-state index in [1.807, 2.05) is 25.8 Å². The molecule has 5 heteroatoms. The Kier molecular flexibility index (Phi) is 6.33. The molecule has 0 aliphatic carbocycles. The summed E-state index contributed by atoms with van der Waals surface area (Å²) in [6, 6.07) is 9.07. The summed E-state index contributed by atoms with van der Waals surface area (Å²) in [6.45, 7) is 12.0. The Labute approximate surface area is 157 Å². The van der Waals surface area contributed by atoms with Gasteiger partial charge in [-0.25, -0.2) is 4.79 Å². The van der Waals surface area contributed by atoms with Gasteiger partial charge in [-0.1, -0.05) is 24.3 Å². The van der Waals surface area contributed by atoms with Crippen LogP contribution in [0.15, 0.2) is 24.3 Å². The number of hydrogen-bond donors (Lipinski definition) is 0. The minimum atomic E-state index is -0.451. The van der Waals surface area contributed by atoms with Crippen molar-refractivity contribution in [1.29, 1.82) is 0 Å². The van der Waals surface area contributed by atoms with Crippen LogP contribution in [0.4, 0.5) is 0 Å². The number of rotatable bonds is 4. The summed E-state index contributed by atoms with van der Waals surface area (Å²) in [4.78, 5) is 20.0. The van der Waals surface area contributed by atoms with Crippen molar-refractivity contribution in [1.82, 2.24) is 9.96 Å². The minimum Gasteiger partial charge on any atom is -0.379 e. The van der Waals surface area contributed by atoms with Gasteiger partial charge in [-0.3, -0.25) is 4.90 Å². The van der Waals surface area contributed by atoms with Crippen LogP contribution in [-0.2, 0) is 20.9 Å². The first kappa shape index (κ1) is 19.3. The molecule has 2 aliphatic rings. The molecule has 0 bridgehead atoms. The lowest BCUT2D eigenvalue weighted by Gasteiger charge is -2.32. The van der Waals surface area contributed by atoms with Gasteiger partial charge >= 0.3 is 5.97 Å². The molecular weight excluding hydrogens is 328 g/mol. The number of morpholine rings is 1. The van der Waals surface area contributed by atoms with Crippen LogP contribution in [-0.4, -0.2) is 55.3 Å². The number of carbonyl (C=O) groups is 1. The van der Waals surface area contributed by atoms with Crippen molar-refractivity contribution in [3.05, 3.63) is 35.4 Å². The van der Waals surface area contributed by atoms with Gasteiger partial charge in [-0.05, 0) is 50.7 Å². The van der Waals surface area contributed by atoms with Crippen LogP contribution in [0.25, 0.3) is 0 Å². The molecule has 0 atom stereocenters. The fourth-order valence-electron chi connectivity index (χ4n) is 3.45. The van der Waals surface area contributed by atoms with Crippen molar-refractivity contribution in [2.24, 2.45) is 5.41 Å². The summed E-state index contributed by atoms with van der Waals surface area (Å²) in [6.07, 6.45) is 2.06. The largest absolute Gasteiger partial charge is 0.379 e. The van der Waals surface area contributed by atoms with E-state index < -0.39 is 5.41 Å². The zero-order chi connectivity index (χ0) is 18.6. The van der Waals surface area contributed by atoms with Crippen LogP contribution in [0.3, 0.4) is 0 Å². The fraction of sp³-hybridized carbons (Fsp3) is 0.667. The molecule has 26 heavy (non-hydrogen) atoms. The second-order valence-electron chi connectivity index (χ2n) is 8.46. The molecule has 0 N–H and O–H groups in total. The first-order valence-electron chi connectivity index (χ1n) is 9.78. The molecule has 0 amide bonds. The van der Waals surface area contributed by atoms with Crippen LogP contribution in [0.1, 0.15) is 50.7 Å². The highest BCUT2D eigenvalue weighted by Gasteiger charge is 2.28. The molecule has 0 saturated carbocycles. The number of nitrogens with zero attached hydrogens (tertiary/aromatic N) is 2. The van der Waals surface area contributed by atoms with Crippen molar-refractivity contribution in [2.75, 3.05) is 39.4 Å². The van der Waals surface area contributed by atoms with Crippen molar-refractivity contribution in [2.45, 2.75) is 46.1 Å². The Morgan fingerprint density at radius 2 is 1.69 bits per heavy atom. The molecule has 0 aromatic heterocycles. The lowest BCUT2D eigenvalue weighted by atomic mass is 9.89. The maximum absolute atomic E-state index is 12.0. The summed E-state index contributed by atoms with van der Waals surface area (Å²) in [7, 11) is 0. The molecule has 2 aliphatic heterocycles. The summed E-state index contributed by atoms with van der Waals surface area (Å²) in [5.74, 6) is 0.403. The zero-order valence-electron chi connectivity index (χ0n) is 16.4. The highest BCUT2D eigenvalue weighted by atomic mass is 16.7. The Hall–Kier alpha value is -1.43. The van der Waals surface area contributed by atoms with Crippen molar-refractivity contribution in [3.8, 4) is 0 Å². The first-order valence-corrected chi connectivity index (χ1v) is 9.78. The quantitative estimate of drug-likeness (QED) is 0.825. The molecule has 2 saturated heterocycles. The van der Waals surface area contributed by atoms with E-state index in [1.165, 1.54) is 11.1 Å². The van der Waals surface area contributed by atoms with E-state index in [0.717, 1.165) is 58.8 Å². The molecule has 5 nitrogen and oxygen atoms in total. The second kappa shape index (κ2) is 8.51. The van der Waals surface area contributed by atoms with E-state index in [-0.39, 0.29) is 5.97 Å². The van der Waals surface area contributed by atoms with Gasteiger partial charge in [0.25, 0.3) is 0 Å². The van der Waals surface area contributed by atoms with Crippen molar-refractivity contribution >= 4 is 5.97 Å². The van der Waals surface area contributed by atoms with E-state index in [4.69, 9.17) is 9.57 Å². The minimum absolute atomic E-state index is 0.150. The number of ether oxygens (including phenoxy) is 1. The Balaban J connectivity index is 1.47. The molecule has 0 unspecified atom stereocenters. The van der Waals surface area contributed by atoms with Crippen molar-refractivity contribution in [3.63, 3.8) is 0 Å². The molecular formula is C21H32N2O3. The molecule has 2 heterocycles. The van der Waals surface area contributed by atoms with Gasteiger partial charge < -0.3 is 9.57 Å². The van der Waals surface area contributed by atoms with E-state index in [9.17, 15) is 4.79 Å². The van der Waals surface area contributed by atoms with E-state index >= 15 is 0 Å². The first-order chi connectivity index (χ1) is 12.4. The molecule has 144 valence electrons. The average Bonchev–Trinajstić information content (AvgIpc) is 2.63. The van der Waals surface area contributed by atoms with E-state index in [0.29, 0.717) is 5.92 Å². The van der Waals surface area contributed by atoms with E-state index in [1.54, 1.807) is 0 Å². The van der Waals surface area contributed by atoms with Gasteiger partial charge in [0.15, 0.2) is 0 Å². The summed E-state index contributed by atoms with van der Waals surface area (Å²) < 4.78 is 5.41. The number of piperidine rings is 1. The Morgan fingerprint density at radius 1 is 1.08 bits per heavy atom. The van der Waals surface area contributed by atoms with Gasteiger partial charge in [-0.15, -0.1) is 5.06 Å². The fourth-order valence-corrected chi connectivity index (χ4v) is 3.45. The topological polar surface area (TPSA) is 42.0 Å². The summed E-state index contributed by atoms with van der Waals surface area (Å²) in [5.41, 5.74) is 2.32. The highest BCUT2D eigenvalue weighted by Crippen LogP contribution is 2.29. The number of benzene rings is 1. The van der Waals surface area contributed by atoms with Gasteiger partial charge in [0, 0.05) is 32.7 Å². The predicted molar refractivity (Wildman–Crippen MR) is 102 cm³/mol. The number of hydrogen-bond acceptors (Lipinski definition) is 5. The molecule has 0 spiro atoms. The monoisotopic (exact) mass is 360 g/mol. The summed E-state index contributed by atoms with van der Waals surface area (Å²) >= 11 is 0. The SMILES string of the molecule is CC(C)(C)C(=O)ON1CCC(c2ccc(CN3CCOCC3)cc2)CC1. The standard InChI is InChI=1S/C21H32N2O3/c1-21(2,3)20(24)26-23-10-8-19(9-11-23)18-6-4-17(5-7-18)16-22-12-14-25-15-13-22/h4-7,19H,8-16H2,1-3H3. The van der Waals surface area contributed by atoms with Crippen LogP contribution in [0.5, 0.6) is 0 Å². The van der Waals surface area contributed by atoms with Gasteiger partial charge in [0.05, 0.1) is 18.6 Å². The Bertz CT molecular complexity index is 580. The third kappa shape index (κ3) is 5.29. The average molecular weight is 360 g/mol. The number of carbonyl (C=O) groups excluding carboxylic acids is 1. The maximum atomic E-state index is 12.0. The third-order valence-corrected chi connectivity index (χ3v) is 5.24. The van der Waals surface area contributed by atoms with Crippen LogP contribution in [0.2, 0.25) is 0 Å². The van der Waals surface area contributed by atoms with Crippen LogP contribution in [0, 0.1) is 5.41 Å². The third-order valence-electron chi connectivity index (χ3n) is 5.24. The lowest BCUT2D eigenvalue weighted by Crippen LogP contribution is -2.38. The van der Waals surface area contributed by atoms with Gasteiger partial charge in [0.2, 0.25) is 0 Å². The lowest BCUT2D eigenvalue weighted by molar-refractivity contribution is -0.204. The van der Waals surface area contributed by atoms with Gasteiger partial charge in [0.1, 0.15) is 0 Å². The predicted octanol–water partition coefficient (Wildman–Crippen LogP) is 3.20. The zero-order valence-corrected chi connectivity index (χ0v) is 16.4. The summed E-state index contributed by atoms with van der Waals surface area (Å²) in [5, 5.41) is 1.83. The Morgan fingerprint density at radius 3 is 2.27 bits per heavy atom. The molecule has 3 rings (SSSR count). The number of hydroxylamine groups is 2. The smallest absolute Gasteiger partial charge is 0.330 e. The molecule has 1 aromatic carbocycles. The molecule has 0 radical (unpaired) electrons. The second-order valence-corrected chi connectivity index (χ2v) is 8.46. The van der Waals surface area contributed by atoms with Gasteiger partial charge in [-0.2, -0.15) is 0 Å². The molecule has 1 aromatic rings. The maximum Gasteiger partial charge on any atom is 0.330 e.